The second-order valence-corrected chi connectivity index (χ2v) is 18.8. The standard InChI is InChI=1S/C41H71N3O5S/c1-29(2)38(49-50(46,47)48)17-14-30(3)34-15-16-35-39-36(19-21-41(34,35)5)40(4)20-18-33(26-32(40)27-37(39)45)44-25-11-24-42-22-9-10-23-43-28-31-12-7-6-8-13-31/h6-8,12-13,29-30,32-39,42-45H,9-11,14-28H2,1-5H3,(H,46,47,48)/t30-,32?,33?,34?,35?,36?,37?,38?,39?,40-,41+/m0/s1. The van der Waals surface area contributed by atoms with Crippen molar-refractivity contribution in [2.24, 2.45) is 52.3 Å². The molecule has 0 aromatic heterocycles. The second-order valence-electron chi connectivity index (χ2n) is 17.8. The third-order valence-corrected chi connectivity index (χ3v) is 14.9. The van der Waals surface area contributed by atoms with Crippen LogP contribution in [0.15, 0.2) is 30.3 Å². The van der Waals surface area contributed by atoms with Crippen LogP contribution in [0.5, 0.6) is 0 Å². The van der Waals surface area contributed by atoms with Crippen molar-refractivity contribution in [1.29, 1.82) is 0 Å². The van der Waals surface area contributed by atoms with Crippen molar-refractivity contribution < 1.29 is 22.3 Å². The van der Waals surface area contributed by atoms with Gasteiger partial charge in [-0.2, -0.15) is 8.42 Å². The predicted octanol–water partition coefficient (Wildman–Crippen LogP) is 7.38. The van der Waals surface area contributed by atoms with Crippen LogP contribution in [0.25, 0.3) is 0 Å². The van der Waals surface area contributed by atoms with E-state index in [-0.39, 0.29) is 17.4 Å². The Labute approximate surface area is 305 Å². The fourth-order valence-electron chi connectivity index (χ4n) is 11.6. The summed E-state index contributed by atoms with van der Waals surface area (Å²) in [6.07, 6.45) is 13.9. The van der Waals surface area contributed by atoms with Crippen LogP contribution in [0.1, 0.15) is 124 Å². The molecule has 1 aromatic rings. The van der Waals surface area contributed by atoms with Gasteiger partial charge in [0.2, 0.25) is 0 Å². The smallest absolute Gasteiger partial charge is 0.393 e. The molecule has 286 valence electrons. The van der Waals surface area contributed by atoms with Crippen LogP contribution in [-0.2, 0) is 21.1 Å². The Bertz CT molecular complexity index is 1280. The topological polar surface area (TPSA) is 120 Å². The fourth-order valence-corrected chi connectivity index (χ4v) is 12.3. The zero-order valence-corrected chi connectivity index (χ0v) is 32.7. The molecule has 0 bridgehead atoms. The molecule has 5 N–H and O–H groups in total. The maximum atomic E-state index is 11.9. The molecule has 8 nitrogen and oxygen atoms in total. The molecule has 4 saturated carbocycles. The van der Waals surface area contributed by atoms with Crippen LogP contribution in [0.3, 0.4) is 0 Å². The molecular formula is C41H71N3O5S. The molecule has 1 aromatic carbocycles. The van der Waals surface area contributed by atoms with Gasteiger partial charge in [-0.1, -0.05) is 65.0 Å². The number of hydrogen-bond acceptors (Lipinski definition) is 7. The highest BCUT2D eigenvalue weighted by atomic mass is 32.3. The monoisotopic (exact) mass is 718 g/mol. The van der Waals surface area contributed by atoms with Crippen molar-refractivity contribution in [2.75, 3.05) is 26.2 Å². The van der Waals surface area contributed by atoms with Gasteiger partial charge >= 0.3 is 10.4 Å². The van der Waals surface area contributed by atoms with E-state index >= 15 is 0 Å². The number of aliphatic hydroxyl groups is 1. The Morgan fingerprint density at radius 1 is 0.840 bits per heavy atom. The molecule has 0 spiro atoms. The van der Waals surface area contributed by atoms with E-state index in [1.54, 1.807) is 0 Å². The second kappa shape index (κ2) is 17.8. The molecular weight excluding hydrogens is 647 g/mol. The van der Waals surface area contributed by atoms with E-state index in [2.05, 4.69) is 67.1 Å². The highest BCUT2D eigenvalue weighted by Gasteiger charge is 2.62. The lowest BCUT2D eigenvalue weighted by molar-refractivity contribution is -0.167. The summed E-state index contributed by atoms with van der Waals surface area (Å²) in [6.45, 7) is 16.6. The van der Waals surface area contributed by atoms with E-state index in [9.17, 15) is 18.1 Å². The van der Waals surface area contributed by atoms with E-state index in [4.69, 9.17) is 4.18 Å². The third kappa shape index (κ3) is 9.91. The maximum Gasteiger partial charge on any atom is 0.397 e. The molecule has 0 saturated heterocycles. The molecule has 4 fully saturated rings. The first-order chi connectivity index (χ1) is 23.8. The van der Waals surface area contributed by atoms with Gasteiger partial charge in [0.15, 0.2) is 0 Å². The summed E-state index contributed by atoms with van der Waals surface area (Å²) in [4.78, 5) is 0. The molecule has 50 heavy (non-hydrogen) atoms. The number of nitrogens with one attached hydrogen (secondary N) is 3. The number of benzene rings is 1. The lowest BCUT2D eigenvalue weighted by atomic mass is 9.43. The Morgan fingerprint density at radius 2 is 1.52 bits per heavy atom. The SMILES string of the molecule is CC(C)C(CC[C@H](C)C1CCC2C3C(O)CC4CC(NCCCNCCCCNCc5ccccc5)CC[C@]4(C)C3CC[C@@]21C)OS(=O)(=O)O. The van der Waals surface area contributed by atoms with Crippen LogP contribution in [-0.4, -0.2) is 62.5 Å². The van der Waals surface area contributed by atoms with Gasteiger partial charge in [-0.15, -0.1) is 0 Å². The number of hydrogen-bond donors (Lipinski definition) is 5. The minimum absolute atomic E-state index is 0.0127. The normalized spacial score (nSPS) is 35.3. The van der Waals surface area contributed by atoms with Gasteiger partial charge in [-0.05, 0) is 167 Å². The van der Waals surface area contributed by atoms with Gasteiger partial charge < -0.3 is 21.1 Å². The summed E-state index contributed by atoms with van der Waals surface area (Å²) >= 11 is 0. The van der Waals surface area contributed by atoms with E-state index in [0.29, 0.717) is 53.4 Å². The zero-order chi connectivity index (χ0) is 35.9. The molecule has 0 radical (unpaired) electrons. The molecule has 9 heteroatoms. The summed E-state index contributed by atoms with van der Waals surface area (Å²) in [5.41, 5.74) is 1.88. The lowest BCUT2D eigenvalue weighted by Gasteiger charge is -2.62. The summed E-state index contributed by atoms with van der Waals surface area (Å²) < 4.78 is 37.2. The van der Waals surface area contributed by atoms with Crippen LogP contribution in [0.4, 0.5) is 0 Å². The van der Waals surface area contributed by atoms with Crippen molar-refractivity contribution in [3.8, 4) is 0 Å². The quantitative estimate of drug-likeness (QED) is 0.0743. The van der Waals surface area contributed by atoms with Crippen molar-refractivity contribution in [3.63, 3.8) is 0 Å². The van der Waals surface area contributed by atoms with Crippen LogP contribution in [0, 0.1) is 52.3 Å². The lowest BCUT2D eigenvalue weighted by Crippen LogP contribution is -2.59. The number of fused-ring (bicyclic) bond motifs is 5. The van der Waals surface area contributed by atoms with E-state index in [0.717, 1.165) is 52.0 Å². The van der Waals surface area contributed by atoms with E-state index in [1.807, 2.05) is 13.8 Å². The maximum absolute atomic E-state index is 11.9. The van der Waals surface area contributed by atoms with Crippen molar-refractivity contribution in [2.45, 2.75) is 143 Å². The van der Waals surface area contributed by atoms with Crippen LogP contribution >= 0.6 is 0 Å². The fraction of sp³-hybridized carbons (Fsp3) is 0.854. The van der Waals surface area contributed by atoms with Gasteiger partial charge in [-0.25, -0.2) is 4.18 Å². The summed E-state index contributed by atoms with van der Waals surface area (Å²) in [5, 5.41) is 23.0. The molecule has 8 unspecified atom stereocenters. The summed E-state index contributed by atoms with van der Waals surface area (Å²) in [6, 6.07) is 11.2. The molecule has 0 amide bonds. The van der Waals surface area contributed by atoms with Gasteiger partial charge in [-0.3, -0.25) is 4.55 Å². The van der Waals surface area contributed by atoms with Gasteiger partial charge in [0.05, 0.1) is 12.2 Å². The average molecular weight is 718 g/mol. The van der Waals surface area contributed by atoms with Crippen LogP contribution < -0.4 is 16.0 Å². The van der Waals surface area contributed by atoms with Crippen LogP contribution in [0.2, 0.25) is 0 Å². The number of aliphatic hydroxyl groups excluding tert-OH is 1. The summed E-state index contributed by atoms with van der Waals surface area (Å²) in [5.74, 6) is 3.19. The highest BCUT2D eigenvalue weighted by molar-refractivity contribution is 7.80. The van der Waals surface area contributed by atoms with Crippen molar-refractivity contribution in [3.05, 3.63) is 35.9 Å². The predicted molar refractivity (Wildman–Crippen MR) is 203 cm³/mol. The average Bonchev–Trinajstić information content (AvgIpc) is 3.43. The number of unbranched alkanes of at least 4 members (excludes halogenated alkanes) is 1. The Morgan fingerprint density at radius 3 is 2.24 bits per heavy atom. The first-order valence-corrected chi connectivity index (χ1v) is 21.7. The third-order valence-electron chi connectivity index (χ3n) is 14.4. The van der Waals surface area contributed by atoms with E-state index in [1.165, 1.54) is 63.4 Å². The Hall–Kier alpha value is -1.07. The van der Waals surface area contributed by atoms with Crippen molar-refractivity contribution >= 4 is 10.4 Å². The first-order valence-electron chi connectivity index (χ1n) is 20.3. The minimum atomic E-state index is -4.46. The number of rotatable bonds is 19. The minimum Gasteiger partial charge on any atom is -0.393 e. The van der Waals surface area contributed by atoms with Gasteiger partial charge in [0.25, 0.3) is 0 Å². The Balaban J connectivity index is 1.02. The molecule has 0 aliphatic heterocycles. The zero-order valence-electron chi connectivity index (χ0n) is 31.9. The largest absolute Gasteiger partial charge is 0.397 e. The molecule has 11 atom stereocenters. The molecule has 4 aliphatic rings. The molecule has 4 aliphatic carbocycles. The van der Waals surface area contributed by atoms with Gasteiger partial charge in [0, 0.05) is 12.6 Å². The Kier molecular flexibility index (Phi) is 14.3. The van der Waals surface area contributed by atoms with Crippen molar-refractivity contribution in [1.82, 2.24) is 16.0 Å². The first kappa shape index (κ1) is 40.1. The van der Waals surface area contributed by atoms with Gasteiger partial charge in [0.1, 0.15) is 0 Å². The van der Waals surface area contributed by atoms with E-state index < -0.39 is 16.5 Å². The molecule has 0 heterocycles. The molecule has 5 rings (SSSR count). The highest BCUT2D eigenvalue weighted by Crippen LogP contribution is 2.68. The summed E-state index contributed by atoms with van der Waals surface area (Å²) in [7, 11) is -4.46.